The maximum Gasteiger partial charge on any atom is 0.0998 e. The van der Waals surface area contributed by atoms with E-state index >= 15 is 0 Å². The molecule has 0 saturated carbocycles. The van der Waals surface area contributed by atoms with Gasteiger partial charge in [0.1, 0.15) is 0 Å². The van der Waals surface area contributed by atoms with Crippen LogP contribution in [0.1, 0.15) is 25.0 Å². The highest BCUT2D eigenvalue weighted by molar-refractivity contribution is 5.85. The molecule has 0 radical (unpaired) electrons. The second kappa shape index (κ2) is 4.96. The SMILES string of the molecule is CC12C3=CC=CC1=CC=C1C=C(c4ccccc4C#N)C=C(C=C3)C12C. The van der Waals surface area contributed by atoms with Crippen molar-refractivity contribution in [2.75, 3.05) is 0 Å². The number of hydrogen-bond acceptors (Lipinski definition) is 1. The fourth-order valence-electron chi connectivity index (χ4n) is 4.96. The summed E-state index contributed by atoms with van der Waals surface area (Å²) >= 11 is 0. The number of allylic oxidation sites excluding steroid dienone is 14. The van der Waals surface area contributed by atoms with Gasteiger partial charge in [0, 0.05) is 10.8 Å². The van der Waals surface area contributed by atoms with E-state index in [4.69, 9.17) is 0 Å². The zero-order chi connectivity index (χ0) is 17.9. The van der Waals surface area contributed by atoms with Gasteiger partial charge in [0.2, 0.25) is 0 Å². The lowest BCUT2D eigenvalue weighted by molar-refractivity contribution is 0.250. The Hall–Kier alpha value is -3.11. The number of rotatable bonds is 1. The van der Waals surface area contributed by atoms with Crippen LogP contribution >= 0.6 is 0 Å². The molecule has 5 rings (SSSR count). The van der Waals surface area contributed by atoms with Gasteiger partial charge >= 0.3 is 0 Å². The van der Waals surface area contributed by atoms with Gasteiger partial charge in [-0.2, -0.15) is 5.26 Å². The summed E-state index contributed by atoms with van der Waals surface area (Å²) in [7, 11) is 0. The van der Waals surface area contributed by atoms with Crippen molar-refractivity contribution in [3.8, 4) is 6.07 Å². The second-order valence-corrected chi connectivity index (χ2v) is 7.67. The van der Waals surface area contributed by atoms with Gasteiger partial charge in [0.15, 0.2) is 0 Å². The van der Waals surface area contributed by atoms with Crippen LogP contribution in [0.15, 0.2) is 101 Å². The lowest BCUT2D eigenvalue weighted by Crippen LogP contribution is -2.47. The summed E-state index contributed by atoms with van der Waals surface area (Å²) < 4.78 is 0. The van der Waals surface area contributed by atoms with E-state index < -0.39 is 0 Å². The van der Waals surface area contributed by atoms with Crippen molar-refractivity contribution in [2.45, 2.75) is 13.8 Å². The molecule has 26 heavy (non-hydrogen) atoms. The summed E-state index contributed by atoms with van der Waals surface area (Å²) in [5.41, 5.74) is 8.06. The largest absolute Gasteiger partial charge is 0.192 e. The monoisotopic (exact) mass is 333 g/mol. The smallest absolute Gasteiger partial charge is 0.0998 e. The molecule has 4 aliphatic rings. The Bertz CT molecular complexity index is 1110. The highest BCUT2D eigenvalue weighted by Crippen LogP contribution is 2.65. The van der Waals surface area contributed by atoms with Crippen molar-refractivity contribution >= 4 is 5.57 Å². The number of hydrogen-bond donors (Lipinski definition) is 0. The Morgan fingerprint density at radius 3 is 2.31 bits per heavy atom. The van der Waals surface area contributed by atoms with Crippen molar-refractivity contribution < 1.29 is 0 Å². The van der Waals surface area contributed by atoms with Crippen LogP contribution in [0.2, 0.25) is 0 Å². The van der Waals surface area contributed by atoms with E-state index in [-0.39, 0.29) is 10.8 Å². The van der Waals surface area contributed by atoms with Gasteiger partial charge in [0.05, 0.1) is 11.6 Å². The lowest BCUT2D eigenvalue weighted by atomic mass is 9.46. The predicted molar refractivity (Wildman–Crippen MR) is 106 cm³/mol. The number of nitriles is 1. The summed E-state index contributed by atoms with van der Waals surface area (Å²) in [5.74, 6) is 0. The minimum absolute atomic E-state index is 0.0524. The van der Waals surface area contributed by atoms with Gasteiger partial charge in [-0.05, 0) is 39.5 Å². The van der Waals surface area contributed by atoms with E-state index in [1.165, 1.54) is 22.3 Å². The third kappa shape index (κ3) is 1.64. The molecule has 2 atom stereocenters. The molecular formula is C25H19N. The maximum absolute atomic E-state index is 9.51. The first kappa shape index (κ1) is 15.2. The second-order valence-electron chi connectivity index (χ2n) is 7.67. The lowest BCUT2D eigenvalue weighted by Gasteiger charge is -2.56. The average molecular weight is 333 g/mol. The molecule has 2 unspecified atom stereocenters. The summed E-state index contributed by atoms with van der Waals surface area (Å²) in [6.45, 7) is 4.72. The van der Waals surface area contributed by atoms with Crippen LogP contribution < -0.4 is 0 Å². The third-order valence-corrected chi connectivity index (χ3v) is 6.73. The van der Waals surface area contributed by atoms with E-state index in [2.05, 4.69) is 74.6 Å². The van der Waals surface area contributed by atoms with Crippen LogP contribution in [0.5, 0.6) is 0 Å². The summed E-state index contributed by atoms with van der Waals surface area (Å²) in [4.78, 5) is 0. The predicted octanol–water partition coefficient (Wildman–Crippen LogP) is 5.83. The van der Waals surface area contributed by atoms with E-state index in [1.807, 2.05) is 24.3 Å². The van der Waals surface area contributed by atoms with Gasteiger partial charge in [-0.1, -0.05) is 86.7 Å². The van der Waals surface area contributed by atoms with Gasteiger partial charge < -0.3 is 0 Å². The fourth-order valence-corrected chi connectivity index (χ4v) is 4.96. The van der Waals surface area contributed by atoms with E-state index in [9.17, 15) is 5.26 Å². The minimum atomic E-state index is -0.0898. The Kier molecular flexibility index (Phi) is 2.89. The minimum Gasteiger partial charge on any atom is -0.192 e. The van der Waals surface area contributed by atoms with Gasteiger partial charge in [0.25, 0.3) is 0 Å². The molecular weight excluding hydrogens is 314 g/mol. The molecule has 0 heterocycles. The first-order chi connectivity index (χ1) is 12.6. The first-order valence-electron chi connectivity index (χ1n) is 9.02. The van der Waals surface area contributed by atoms with Crippen LogP contribution in [0.4, 0.5) is 0 Å². The van der Waals surface area contributed by atoms with Crippen LogP contribution in [0.3, 0.4) is 0 Å². The highest BCUT2D eigenvalue weighted by Gasteiger charge is 2.55. The quantitative estimate of drug-likeness (QED) is 0.634. The molecule has 0 amide bonds. The molecule has 1 aromatic rings. The normalized spacial score (nSPS) is 30.3. The molecule has 4 aliphatic carbocycles. The number of benzene rings is 1. The van der Waals surface area contributed by atoms with Gasteiger partial charge in [-0.25, -0.2) is 0 Å². The Morgan fingerprint density at radius 1 is 0.769 bits per heavy atom. The summed E-state index contributed by atoms with van der Waals surface area (Å²) in [5, 5.41) is 9.51. The Balaban J connectivity index is 1.79. The van der Waals surface area contributed by atoms with Crippen molar-refractivity contribution in [1.29, 1.82) is 5.26 Å². The van der Waals surface area contributed by atoms with Crippen molar-refractivity contribution in [1.82, 2.24) is 0 Å². The van der Waals surface area contributed by atoms with Crippen LogP contribution in [0, 0.1) is 22.2 Å². The molecule has 0 aliphatic heterocycles. The zero-order valence-corrected chi connectivity index (χ0v) is 15.0. The third-order valence-electron chi connectivity index (χ3n) is 6.73. The van der Waals surface area contributed by atoms with Gasteiger partial charge in [-0.3, -0.25) is 0 Å². The highest BCUT2D eigenvalue weighted by atomic mass is 14.6. The first-order valence-corrected chi connectivity index (χ1v) is 9.02. The van der Waals surface area contributed by atoms with Gasteiger partial charge in [-0.15, -0.1) is 0 Å². The Labute approximate surface area is 154 Å². The Morgan fingerprint density at radius 2 is 1.46 bits per heavy atom. The molecule has 0 aromatic heterocycles. The maximum atomic E-state index is 9.51. The molecule has 0 fully saturated rings. The van der Waals surface area contributed by atoms with E-state index in [0.29, 0.717) is 0 Å². The number of nitrogens with zero attached hydrogens (tertiary/aromatic N) is 1. The molecule has 0 bridgehead atoms. The van der Waals surface area contributed by atoms with Crippen LogP contribution in [-0.4, -0.2) is 0 Å². The van der Waals surface area contributed by atoms with Crippen molar-refractivity contribution in [3.05, 3.63) is 112 Å². The van der Waals surface area contributed by atoms with Crippen LogP contribution in [-0.2, 0) is 0 Å². The zero-order valence-electron chi connectivity index (χ0n) is 15.0. The standard InChI is InChI=1S/C25H19N/c1-24-19-7-5-8-20(24)11-13-22-15-18(14-21(12-10-19)25(22,24)2)23-9-4-3-6-17(23)16-26/h3-15H,1-2H3. The average Bonchev–Trinajstić information content (AvgIpc) is 2.66. The summed E-state index contributed by atoms with van der Waals surface area (Å²) in [6.07, 6.45) is 20.2. The molecule has 1 nitrogen and oxygen atoms in total. The molecule has 124 valence electrons. The molecule has 0 saturated heterocycles. The molecule has 0 spiro atoms. The van der Waals surface area contributed by atoms with E-state index in [0.717, 1.165) is 16.7 Å². The van der Waals surface area contributed by atoms with Crippen molar-refractivity contribution in [3.63, 3.8) is 0 Å². The molecule has 0 N–H and O–H groups in total. The summed E-state index contributed by atoms with van der Waals surface area (Å²) in [6, 6.07) is 10.2. The van der Waals surface area contributed by atoms with E-state index in [1.54, 1.807) is 0 Å². The van der Waals surface area contributed by atoms with Crippen LogP contribution in [0.25, 0.3) is 5.57 Å². The molecule has 1 heteroatoms. The topological polar surface area (TPSA) is 23.8 Å². The van der Waals surface area contributed by atoms with Crippen molar-refractivity contribution in [2.24, 2.45) is 10.8 Å². The fraction of sp³-hybridized carbons (Fsp3) is 0.160. The molecule has 1 aromatic carbocycles.